The van der Waals surface area contributed by atoms with E-state index in [1.54, 1.807) is 25.6 Å². The van der Waals surface area contributed by atoms with Crippen molar-refractivity contribution < 1.29 is 9.47 Å². The third kappa shape index (κ3) is 2.21. The number of thiophene rings is 1. The van der Waals surface area contributed by atoms with E-state index in [1.807, 2.05) is 19.1 Å². The maximum atomic E-state index is 5.76. The topological polar surface area (TPSA) is 44.5 Å². The summed E-state index contributed by atoms with van der Waals surface area (Å²) in [7, 11) is 3.36. The van der Waals surface area contributed by atoms with Gasteiger partial charge in [-0.2, -0.15) is 11.3 Å². The summed E-state index contributed by atoms with van der Waals surface area (Å²) in [5.41, 5.74) is 10.1. The van der Waals surface area contributed by atoms with Crippen molar-refractivity contribution in [3.05, 3.63) is 34.0 Å². The van der Waals surface area contributed by atoms with Crippen LogP contribution in [0.4, 0.5) is 0 Å². The van der Waals surface area contributed by atoms with Crippen LogP contribution < -0.4 is 15.2 Å². The van der Waals surface area contributed by atoms with Crippen LogP contribution in [0.3, 0.4) is 0 Å². The Bertz CT molecular complexity index is 549. The first-order valence-electron chi connectivity index (χ1n) is 5.69. The van der Waals surface area contributed by atoms with Gasteiger partial charge >= 0.3 is 0 Å². The first-order chi connectivity index (χ1) is 8.71. The molecule has 1 aromatic heterocycles. The molecule has 2 N–H and O–H groups in total. The maximum Gasteiger partial charge on any atom is 0.127 e. The van der Waals surface area contributed by atoms with Gasteiger partial charge in [-0.3, -0.25) is 0 Å². The van der Waals surface area contributed by atoms with Gasteiger partial charge < -0.3 is 15.2 Å². The highest BCUT2D eigenvalue weighted by Gasteiger charge is 2.13. The number of aryl methyl sites for hydroxylation is 1. The average molecular weight is 263 g/mol. The van der Waals surface area contributed by atoms with Crippen molar-refractivity contribution in [3.8, 4) is 22.6 Å². The zero-order chi connectivity index (χ0) is 13.1. The predicted octanol–water partition coefficient (Wildman–Crippen LogP) is 3.20. The lowest BCUT2D eigenvalue weighted by Crippen LogP contribution is -1.98. The second kappa shape index (κ2) is 5.42. The second-order valence-corrected chi connectivity index (χ2v) is 4.78. The molecule has 1 heterocycles. The number of rotatable bonds is 4. The van der Waals surface area contributed by atoms with Crippen molar-refractivity contribution in [1.82, 2.24) is 0 Å². The Morgan fingerprint density at radius 2 is 1.78 bits per heavy atom. The molecule has 0 fully saturated rings. The fourth-order valence-corrected chi connectivity index (χ4v) is 2.85. The van der Waals surface area contributed by atoms with E-state index in [1.165, 1.54) is 0 Å². The minimum Gasteiger partial charge on any atom is -0.496 e. The summed E-state index contributed by atoms with van der Waals surface area (Å²) in [6.45, 7) is 2.53. The third-order valence-electron chi connectivity index (χ3n) is 2.97. The molecule has 3 nitrogen and oxygen atoms in total. The van der Waals surface area contributed by atoms with Crippen LogP contribution in [-0.4, -0.2) is 14.2 Å². The van der Waals surface area contributed by atoms with Gasteiger partial charge in [-0.05, 0) is 40.9 Å². The molecule has 0 aliphatic heterocycles. The Balaban J connectivity index is 2.62. The summed E-state index contributed by atoms with van der Waals surface area (Å²) in [5.74, 6) is 1.71. The molecular weight excluding hydrogens is 246 g/mol. The van der Waals surface area contributed by atoms with Gasteiger partial charge in [0.05, 0.1) is 14.2 Å². The Morgan fingerprint density at radius 1 is 1.06 bits per heavy atom. The lowest BCUT2D eigenvalue weighted by atomic mass is 10.0. The van der Waals surface area contributed by atoms with Gasteiger partial charge in [0.2, 0.25) is 0 Å². The predicted molar refractivity (Wildman–Crippen MR) is 75.5 cm³/mol. The van der Waals surface area contributed by atoms with Gasteiger partial charge in [-0.15, -0.1) is 0 Å². The molecule has 1 aromatic carbocycles. The van der Waals surface area contributed by atoms with Crippen LogP contribution in [-0.2, 0) is 6.54 Å². The van der Waals surface area contributed by atoms with Crippen LogP contribution in [0.5, 0.6) is 11.5 Å². The van der Waals surface area contributed by atoms with Crippen LogP contribution in [0.1, 0.15) is 11.1 Å². The van der Waals surface area contributed by atoms with E-state index in [-0.39, 0.29) is 0 Å². The normalized spacial score (nSPS) is 10.4. The number of ether oxygens (including phenoxy) is 2. The van der Waals surface area contributed by atoms with Gasteiger partial charge in [0.15, 0.2) is 0 Å². The first-order valence-corrected chi connectivity index (χ1v) is 6.63. The van der Waals surface area contributed by atoms with Crippen molar-refractivity contribution in [2.24, 2.45) is 5.73 Å². The van der Waals surface area contributed by atoms with E-state index >= 15 is 0 Å². The minimum atomic E-state index is 0.526. The van der Waals surface area contributed by atoms with Crippen molar-refractivity contribution >= 4 is 11.3 Å². The molecule has 4 heteroatoms. The van der Waals surface area contributed by atoms with Gasteiger partial charge in [-0.25, -0.2) is 0 Å². The molecule has 18 heavy (non-hydrogen) atoms. The summed E-state index contributed by atoms with van der Waals surface area (Å²) >= 11 is 1.65. The highest BCUT2D eigenvalue weighted by atomic mass is 32.1. The molecule has 2 aromatic rings. The first kappa shape index (κ1) is 12.9. The molecule has 0 atom stereocenters. The summed E-state index contributed by atoms with van der Waals surface area (Å²) in [4.78, 5) is 0. The van der Waals surface area contributed by atoms with Gasteiger partial charge in [0.25, 0.3) is 0 Å². The molecule has 0 saturated carbocycles. The fraction of sp³-hybridized carbons (Fsp3) is 0.286. The van der Waals surface area contributed by atoms with Gasteiger partial charge in [-0.1, -0.05) is 0 Å². The van der Waals surface area contributed by atoms with E-state index in [9.17, 15) is 0 Å². The number of methoxy groups -OCH3 is 2. The Kier molecular flexibility index (Phi) is 3.89. The summed E-state index contributed by atoms with van der Waals surface area (Å²) < 4.78 is 10.8. The quantitative estimate of drug-likeness (QED) is 0.921. The van der Waals surface area contributed by atoms with Crippen LogP contribution in [0.2, 0.25) is 0 Å². The zero-order valence-electron chi connectivity index (χ0n) is 10.8. The highest BCUT2D eigenvalue weighted by molar-refractivity contribution is 7.08. The number of hydrogen-bond acceptors (Lipinski definition) is 4. The third-order valence-corrected chi connectivity index (χ3v) is 3.76. The summed E-state index contributed by atoms with van der Waals surface area (Å²) in [6.07, 6.45) is 0. The lowest BCUT2D eigenvalue weighted by molar-refractivity contribution is 0.402. The molecule has 0 saturated heterocycles. The Hall–Kier alpha value is -1.52. The summed E-state index contributed by atoms with van der Waals surface area (Å²) in [6, 6.07) is 4.00. The average Bonchev–Trinajstić information content (AvgIpc) is 2.86. The molecule has 0 radical (unpaired) electrons. The Labute approximate surface area is 111 Å². The number of hydrogen-bond donors (Lipinski definition) is 1. The fourth-order valence-electron chi connectivity index (χ4n) is 1.98. The molecule has 0 aliphatic carbocycles. The molecule has 2 rings (SSSR count). The maximum absolute atomic E-state index is 5.76. The van der Waals surface area contributed by atoms with Crippen LogP contribution in [0.25, 0.3) is 11.1 Å². The largest absolute Gasteiger partial charge is 0.496 e. The van der Waals surface area contributed by atoms with Gasteiger partial charge in [0, 0.05) is 17.7 Å². The molecule has 0 unspecified atom stereocenters. The van der Waals surface area contributed by atoms with E-state index in [0.29, 0.717) is 6.54 Å². The van der Waals surface area contributed by atoms with Crippen LogP contribution in [0.15, 0.2) is 22.9 Å². The van der Waals surface area contributed by atoms with Gasteiger partial charge in [0.1, 0.15) is 11.5 Å². The minimum absolute atomic E-state index is 0.526. The highest BCUT2D eigenvalue weighted by Crippen LogP contribution is 2.38. The lowest BCUT2D eigenvalue weighted by Gasteiger charge is -2.13. The van der Waals surface area contributed by atoms with Crippen molar-refractivity contribution in [2.45, 2.75) is 13.5 Å². The second-order valence-electron chi connectivity index (χ2n) is 4.04. The molecule has 0 amide bonds. The molecular formula is C14H17NO2S. The van der Waals surface area contributed by atoms with Crippen molar-refractivity contribution in [2.75, 3.05) is 14.2 Å². The monoisotopic (exact) mass is 263 g/mol. The number of nitrogens with two attached hydrogens (primary N) is 1. The Morgan fingerprint density at radius 3 is 2.39 bits per heavy atom. The number of benzene rings is 1. The van der Waals surface area contributed by atoms with E-state index in [2.05, 4.69) is 10.8 Å². The van der Waals surface area contributed by atoms with Crippen LogP contribution >= 0.6 is 11.3 Å². The zero-order valence-corrected chi connectivity index (χ0v) is 11.6. The molecule has 0 spiro atoms. The van der Waals surface area contributed by atoms with E-state index < -0.39 is 0 Å². The summed E-state index contributed by atoms with van der Waals surface area (Å²) in [5, 5.41) is 4.16. The molecule has 0 aliphatic rings. The van der Waals surface area contributed by atoms with E-state index in [4.69, 9.17) is 15.2 Å². The molecule has 0 bridgehead atoms. The standard InChI is InChI=1S/C14H17NO2S/c1-9-4-14(17-3)11(5-13(9)16-2)12-8-18-7-10(12)6-15/h4-5,7-8H,6,15H2,1-3H3. The van der Waals surface area contributed by atoms with Crippen LogP contribution in [0, 0.1) is 6.92 Å². The van der Waals surface area contributed by atoms with E-state index in [0.717, 1.165) is 33.8 Å². The SMILES string of the molecule is COc1cc(-c2cscc2CN)c(OC)cc1C. The van der Waals surface area contributed by atoms with Crippen molar-refractivity contribution in [3.63, 3.8) is 0 Å². The van der Waals surface area contributed by atoms with Crippen molar-refractivity contribution in [1.29, 1.82) is 0 Å². The smallest absolute Gasteiger partial charge is 0.127 e. The molecule has 96 valence electrons.